The van der Waals surface area contributed by atoms with Crippen molar-refractivity contribution < 1.29 is 14.4 Å². The van der Waals surface area contributed by atoms with Gasteiger partial charge in [-0.2, -0.15) is 0 Å². The molecule has 0 aliphatic carbocycles. The summed E-state index contributed by atoms with van der Waals surface area (Å²) in [7, 11) is 0. The molecule has 6 heteroatoms. The number of amides is 3. The Balaban J connectivity index is 1.66. The number of aryl methyl sites for hydroxylation is 1. The van der Waals surface area contributed by atoms with Crippen molar-refractivity contribution in [1.82, 2.24) is 0 Å². The number of nitrogens with one attached hydrogen (secondary N) is 1. The maximum Gasteiger partial charge on any atom is 0.248 e. The molecule has 0 bridgehead atoms. The van der Waals surface area contributed by atoms with Gasteiger partial charge in [0.2, 0.25) is 17.7 Å². The summed E-state index contributed by atoms with van der Waals surface area (Å²) in [6.07, 6.45) is 0.180. The highest BCUT2D eigenvalue weighted by Gasteiger charge is 2.35. The first-order valence-electron chi connectivity index (χ1n) is 8.02. The molecule has 0 spiro atoms. The van der Waals surface area contributed by atoms with Crippen molar-refractivity contribution in [2.45, 2.75) is 13.3 Å². The predicted octanol–water partition coefficient (Wildman–Crippen LogP) is 2.09. The number of anilines is 2. The van der Waals surface area contributed by atoms with Crippen LogP contribution in [0, 0.1) is 12.8 Å². The smallest absolute Gasteiger partial charge is 0.248 e. The van der Waals surface area contributed by atoms with E-state index in [2.05, 4.69) is 5.32 Å². The number of benzene rings is 2. The lowest BCUT2D eigenvalue weighted by atomic mass is 10.1. The highest BCUT2D eigenvalue weighted by atomic mass is 16.2. The van der Waals surface area contributed by atoms with Crippen LogP contribution in [0.15, 0.2) is 48.5 Å². The zero-order valence-corrected chi connectivity index (χ0v) is 13.9. The van der Waals surface area contributed by atoms with Gasteiger partial charge in [-0.3, -0.25) is 14.4 Å². The molecule has 0 saturated carbocycles. The van der Waals surface area contributed by atoms with E-state index in [9.17, 15) is 14.4 Å². The molecule has 1 atom stereocenters. The van der Waals surface area contributed by atoms with E-state index in [0.29, 0.717) is 17.8 Å². The number of primary amides is 1. The molecular weight excluding hydrogens is 318 g/mol. The van der Waals surface area contributed by atoms with Crippen LogP contribution < -0.4 is 16.0 Å². The van der Waals surface area contributed by atoms with Crippen molar-refractivity contribution >= 4 is 29.1 Å². The number of hydrogen-bond acceptors (Lipinski definition) is 3. The minimum atomic E-state index is -0.520. The van der Waals surface area contributed by atoms with Crippen molar-refractivity contribution in [2.24, 2.45) is 11.7 Å². The molecule has 2 aromatic carbocycles. The molecule has 1 saturated heterocycles. The van der Waals surface area contributed by atoms with Gasteiger partial charge in [0.05, 0.1) is 5.92 Å². The number of carbonyl (C=O) groups excluding carboxylic acids is 3. The van der Waals surface area contributed by atoms with E-state index in [4.69, 9.17) is 5.73 Å². The molecule has 25 heavy (non-hydrogen) atoms. The van der Waals surface area contributed by atoms with Gasteiger partial charge in [-0.15, -0.1) is 0 Å². The average molecular weight is 337 g/mol. The first-order valence-corrected chi connectivity index (χ1v) is 8.02. The minimum absolute atomic E-state index is 0.0620. The van der Waals surface area contributed by atoms with E-state index in [1.165, 1.54) is 0 Å². The van der Waals surface area contributed by atoms with Gasteiger partial charge in [0.25, 0.3) is 0 Å². The van der Waals surface area contributed by atoms with Crippen molar-refractivity contribution in [3.63, 3.8) is 0 Å². The number of nitrogens with two attached hydrogens (primary N) is 1. The summed E-state index contributed by atoms with van der Waals surface area (Å²) < 4.78 is 0. The maximum absolute atomic E-state index is 12.4. The number of hydrogen-bond donors (Lipinski definition) is 2. The molecular formula is C19H19N3O3. The van der Waals surface area contributed by atoms with Gasteiger partial charge in [0.1, 0.15) is 0 Å². The molecule has 1 aliphatic heterocycles. The third-order valence-electron chi connectivity index (χ3n) is 4.28. The summed E-state index contributed by atoms with van der Waals surface area (Å²) >= 11 is 0. The summed E-state index contributed by atoms with van der Waals surface area (Å²) in [5.74, 6) is -1.21. The standard InChI is InChI=1S/C19H19N3O3/c1-12-2-8-16(9-3-12)22-11-14(10-17(22)23)19(25)21-15-6-4-13(5-7-15)18(20)24/h2-9,14H,10-11H2,1H3,(H2,20,24)(H,21,25). The molecule has 1 aliphatic rings. The first kappa shape index (κ1) is 16.7. The SMILES string of the molecule is Cc1ccc(N2CC(C(=O)Nc3ccc(C(N)=O)cc3)CC2=O)cc1. The van der Waals surface area contributed by atoms with Crippen LogP contribution in [0.3, 0.4) is 0 Å². The van der Waals surface area contributed by atoms with Crippen LogP contribution in [0.25, 0.3) is 0 Å². The van der Waals surface area contributed by atoms with Crippen LogP contribution in [-0.2, 0) is 9.59 Å². The lowest BCUT2D eigenvalue weighted by molar-refractivity contribution is -0.122. The zero-order valence-electron chi connectivity index (χ0n) is 13.9. The molecule has 2 aromatic rings. The van der Waals surface area contributed by atoms with Crippen LogP contribution in [0.1, 0.15) is 22.3 Å². The average Bonchev–Trinajstić information content (AvgIpc) is 2.98. The Hall–Kier alpha value is -3.15. The van der Waals surface area contributed by atoms with E-state index in [1.807, 2.05) is 31.2 Å². The Kier molecular flexibility index (Phi) is 4.52. The first-order chi connectivity index (χ1) is 11.9. The summed E-state index contributed by atoms with van der Waals surface area (Å²) in [6, 6.07) is 14.0. The highest BCUT2D eigenvalue weighted by molar-refractivity contribution is 6.03. The van der Waals surface area contributed by atoms with Crippen LogP contribution in [0.4, 0.5) is 11.4 Å². The van der Waals surface area contributed by atoms with Gasteiger partial charge in [-0.1, -0.05) is 17.7 Å². The topological polar surface area (TPSA) is 92.5 Å². The van der Waals surface area contributed by atoms with E-state index in [1.54, 1.807) is 29.2 Å². The second kappa shape index (κ2) is 6.76. The molecule has 6 nitrogen and oxygen atoms in total. The van der Waals surface area contributed by atoms with Gasteiger partial charge < -0.3 is 16.0 Å². The normalized spacial score (nSPS) is 16.8. The van der Waals surface area contributed by atoms with E-state index >= 15 is 0 Å². The molecule has 1 fully saturated rings. The lowest BCUT2D eigenvalue weighted by Crippen LogP contribution is -2.28. The molecule has 3 amide bonds. The van der Waals surface area contributed by atoms with E-state index in [0.717, 1.165) is 11.3 Å². The quantitative estimate of drug-likeness (QED) is 0.894. The Labute approximate surface area is 145 Å². The predicted molar refractivity (Wildman–Crippen MR) is 95.2 cm³/mol. The van der Waals surface area contributed by atoms with Crippen LogP contribution in [-0.4, -0.2) is 24.3 Å². The van der Waals surface area contributed by atoms with Gasteiger partial charge in [-0.05, 0) is 43.3 Å². The summed E-state index contributed by atoms with van der Waals surface area (Å²) in [6.45, 7) is 2.34. The molecule has 0 aromatic heterocycles. The monoisotopic (exact) mass is 337 g/mol. The number of nitrogens with zero attached hydrogens (tertiary/aromatic N) is 1. The highest BCUT2D eigenvalue weighted by Crippen LogP contribution is 2.26. The Morgan fingerprint density at radius 1 is 1.08 bits per heavy atom. The van der Waals surface area contributed by atoms with Gasteiger partial charge >= 0.3 is 0 Å². The van der Waals surface area contributed by atoms with Crippen molar-refractivity contribution in [2.75, 3.05) is 16.8 Å². The van der Waals surface area contributed by atoms with Crippen molar-refractivity contribution in [3.05, 3.63) is 59.7 Å². The maximum atomic E-state index is 12.4. The van der Waals surface area contributed by atoms with Crippen molar-refractivity contribution in [3.8, 4) is 0 Å². The molecule has 1 unspecified atom stereocenters. The van der Waals surface area contributed by atoms with Crippen LogP contribution >= 0.6 is 0 Å². The third kappa shape index (κ3) is 3.68. The van der Waals surface area contributed by atoms with Crippen molar-refractivity contribution in [1.29, 1.82) is 0 Å². The molecule has 0 radical (unpaired) electrons. The fraction of sp³-hybridized carbons (Fsp3) is 0.211. The van der Waals surface area contributed by atoms with E-state index in [-0.39, 0.29) is 18.2 Å². The second-order valence-corrected chi connectivity index (χ2v) is 6.17. The second-order valence-electron chi connectivity index (χ2n) is 6.17. The molecule has 3 N–H and O–H groups in total. The fourth-order valence-electron chi connectivity index (χ4n) is 2.82. The fourth-order valence-corrected chi connectivity index (χ4v) is 2.82. The number of rotatable bonds is 4. The Bertz CT molecular complexity index is 813. The van der Waals surface area contributed by atoms with Crippen LogP contribution in [0.2, 0.25) is 0 Å². The minimum Gasteiger partial charge on any atom is -0.366 e. The molecule has 3 rings (SSSR count). The number of carbonyl (C=O) groups is 3. The summed E-state index contributed by atoms with van der Waals surface area (Å²) in [5.41, 5.74) is 8.05. The zero-order chi connectivity index (χ0) is 18.0. The summed E-state index contributed by atoms with van der Waals surface area (Å²) in [4.78, 5) is 37.4. The Morgan fingerprint density at radius 2 is 1.72 bits per heavy atom. The van der Waals surface area contributed by atoms with Crippen LogP contribution in [0.5, 0.6) is 0 Å². The largest absolute Gasteiger partial charge is 0.366 e. The van der Waals surface area contributed by atoms with E-state index < -0.39 is 11.8 Å². The summed E-state index contributed by atoms with van der Waals surface area (Å²) in [5, 5.41) is 2.78. The lowest BCUT2D eigenvalue weighted by Gasteiger charge is -2.17. The van der Waals surface area contributed by atoms with Gasteiger partial charge in [0.15, 0.2) is 0 Å². The van der Waals surface area contributed by atoms with Gasteiger partial charge in [0, 0.05) is 29.9 Å². The molecule has 128 valence electrons. The third-order valence-corrected chi connectivity index (χ3v) is 4.28. The molecule has 1 heterocycles. The van der Waals surface area contributed by atoms with Gasteiger partial charge in [-0.25, -0.2) is 0 Å². The Morgan fingerprint density at radius 3 is 2.32 bits per heavy atom.